The summed E-state index contributed by atoms with van der Waals surface area (Å²) in [5.74, 6) is -0.851. The quantitative estimate of drug-likeness (QED) is 0.835. The van der Waals surface area contributed by atoms with Crippen LogP contribution in [0.3, 0.4) is 0 Å². The molecule has 0 amide bonds. The molecule has 1 rings (SSSR count). The molecule has 0 aliphatic rings. The fraction of sp³-hybridized carbons (Fsp3) is 0.273. The molecule has 1 aromatic rings. The van der Waals surface area contributed by atoms with Crippen molar-refractivity contribution < 1.29 is 14.7 Å². The molecule has 0 atom stereocenters. The molecule has 0 saturated carbocycles. The fourth-order valence-corrected chi connectivity index (χ4v) is 1.84. The van der Waals surface area contributed by atoms with Crippen molar-refractivity contribution in [2.45, 2.75) is 19.3 Å². The molecule has 0 radical (unpaired) electrons. The zero-order chi connectivity index (χ0) is 11.3. The van der Waals surface area contributed by atoms with Crippen LogP contribution in [0.2, 0.25) is 0 Å². The summed E-state index contributed by atoms with van der Waals surface area (Å²) in [6.45, 7) is 0. The van der Waals surface area contributed by atoms with Crippen molar-refractivity contribution in [3.05, 3.63) is 33.8 Å². The number of aryl methyl sites for hydroxylation is 1. The van der Waals surface area contributed by atoms with Gasteiger partial charge in [-0.2, -0.15) is 0 Å². The second kappa shape index (κ2) is 5.66. The lowest BCUT2D eigenvalue weighted by atomic mass is 10.1. The summed E-state index contributed by atoms with van der Waals surface area (Å²) < 4.78 is 0.785. The zero-order valence-corrected chi connectivity index (χ0v) is 9.66. The van der Waals surface area contributed by atoms with Gasteiger partial charge in [0, 0.05) is 10.9 Å². The van der Waals surface area contributed by atoms with E-state index in [1.165, 1.54) is 0 Å². The summed E-state index contributed by atoms with van der Waals surface area (Å²) in [6.07, 6.45) is 2.06. The summed E-state index contributed by atoms with van der Waals surface area (Å²) in [7, 11) is 0. The highest BCUT2D eigenvalue weighted by molar-refractivity contribution is 9.10. The van der Waals surface area contributed by atoms with Crippen LogP contribution in [-0.4, -0.2) is 17.4 Å². The van der Waals surface area contributed by atoms with Gasteiger partial charge in [-0.05, 0) is 23.6 Å². The van der Waals surface area contributed by atoms with Crippen molar-refractivity contribution in [1.29, 1.82) is 0 Å². The summed E-state index contributed by atoms with van der Waals surface area (Å²) in [4.78, 5) is 20.7. The van der Waals surface area contributed by atoms with Gasteiger partial charge in [0.2, 0.25) is 0 Å². The van der Waals surface area contributed by atoms with Gasteiger partial charge in [0.25, 0.3) is 0 Å². The third kappa shape index (κ3) is 3.83. The van der Waals surface area contributed by atoms with Gasteiger partial charge in [0.05, 0.1) is 6.42 Å². The van der Waals surface area contributed by atoms with E-state index in [9.17, 15) is 9.59 Å². The Labute approximate surface area is 96.2 Å². The van der Waals surface area contributed by atoms with E-state index < -0.39 is 5.97 Å². The lowest BCUT2D eigenvalue weighted by molar-refractivity contribution is -0.136. The maximum atomic E-state index is 10.5. The minimum Gasteiger partial charge on any atom is -0.481 e. The highest BCUT2D eigenvalue weighted by atomic mass is 79.9. The molecular formula is C11H11BrO3. The highest BCUT2D eigenvalue weighted by Crippen LogP contribution is 2.19. The molecule has 0 spiro atoms. The molecule has 0 aliphatic heterocycles. The summed E-state index contributed by atoms with van der Waals surface area (Å²) >= 11 is 3.32. The first-order chi connectivity index (χ1) is 7.13. The van der Waals surface area contributed by atoms with Crippen LogP contribution >= 0.6 is 15.9 Å². The molecule has 1 N–H and O–H groups in total. The number of aldehydes is 1. The van der Waals surface area contributed by atoms with Crippen molar-refractivity contribution >= 4 is 28.2 Å². The Morgan fingerprint density at radius 1 is 1.47 bits per heavy atom. The largest absolute Gasteiger partial charge is 0.481 e. The van der Waals surface area contributed by atoms with Crippen molar-refractivity contribution in [1.82, 2.24) is 0 Å². The highest BCUT2D eigenvalue weighted by Gasteiger charge is 2.05. The van der Waals surface area contributed by atoms with Gasteiger partial charge in [-0.25, -0.2) is 0 Å². The number of carboxylic acid groups (broad SMARTS) is 1. The van der Waals surface area contributed by atoms with Gasteiger partial charge in [-0.1, -0.05) is 28.1 Å². The first-order valence-electron chi connectivity index (χ1n) is 4.56. The third-order valence-corrected chi connectivity index (χ3v) is 2.75. The molecule has 0 heterocycles. The smallest absolute Gasteiger partial charge is 0.307 e. The number of carboxylic acids is 1. The van der Waals surface area contributed by atoms with Crippen LogP contribution in [0.15, 0.2) is 22.7 Å². The molecule has 1 aromatic carbocycles. The van der Waals surface area contributed by atoms with Crippen LogP contribution in [0.4, 0.5) is 0 Å². The summed E-state index contributed by atoms with van der Waals surface area (Å²) in [6, 6.07) is 5.49. The second-order valence-corrected chi connectivity index (χ2v) is 4.06. The van der Waals surface area contributed by atoms with E-state index in [1.54, 1.807) is 6.07 Å². The standard InChI is InChI=1S/C11H11BrO3/c12-10-6-8(2-1-5-13)3-4-9(10)7-11(14)15/h3-6H,1-2,7H2,(H,14,15). The topological polar surface area (TPSA) is 54.4 Å². The Kier molecular flexibility index (Phi) is 4.49. The Morgan fingerprint density at radius 2 is 2.20 bits per heavy atom. The summed E-state index contributed by atoms with van der Waals surface area (Å²) in [5.41, 5.74) is 1.78. The van der Waals surface area contributed by atoms with E-state index in [2.05, 4.69) is 15.9 Å². The van der Waals surface area contributed by atoms with Gasteiger partial charge < -0.3 is 9.90 Å². The molecule has 0 aliphatic carbocycles. The maximum absolute atomic E-state index is 10.5. The Morgan fingerprint density at radius 3 is 2.73 bits per heavy atom. The Hall–Kier alpha value is -1.16. The molecule has 4 heteroatoms. The lowest BCUT2D eigenvalue weighted by Gasteiger charge is -2.04. The van der Waals surface area contributed by atoms with Crippen LogP contribution in [0.5, 0.6) is 0 Å². The van der Waals surface area contributed by atoms with E-state index in [-0.39, 0.29) is 6.42 Å². The lowest BCUT2D eigenvalue weighted by Crippen LogP contribution is -2.01. The predicted octanol–water partition coefficient (Wildman–Crippen LogP) is 2.21. The molecule has 80 valence electrons. The normalized spacial score (nSPS) is 9.93. The minimum absolute atomic E-state index is 0.00848. The van der Waals surface area contributed by atoms with E-state index in [4.69, 9.17) is 5.11 Å². The number of hydrogen-bond donors (Lipinski definition) is 1. The second-order valence-electron chi connectivity index (χ2n) is 3.20. The monoisotopic (exact) mass is 270 g/mol. The number of carbonyl (C=O) groups excluding carboxylic acids is 1. The van der Waals surface area contributed by atoms with Crippen molar-refractivity contribution in [2.75, 3.05) is 0 Å². The minimum atomic E-state index is -0.851. The van der Waals surface area contributed by atoms with Crippen LogP contribution < -0.4 is 0 Å². The number of hydrogen-bond acceptors (Lipinski definition) is 2. The predicted molar refractivity (Wildman–Crippen MR) is 59.9 cm³/mol. The molecule has 3 nitrogen and oxygen atoms in total. The Balaban J connectivity index is 2.78. The third-order valence-electron chi connectivity index (χ3n) is 2.01. The van der Waals surface area contributed by atoms with Gasteiger partial charge in [0.1, 0.15) is 6.29 Å². The average molecular weight is 271 g/mol. The fourth-order valence-electron chi connectivity index (χ4n) is 1.28. The molecule has 0 bridgehead atoms. The first kappa shape index (κ1) is 11.9. The van der Waals surface area contributed by atoms with E-state index in [0.717, 1.165) is 21.9 Å². The van der Waals surface area contributed by atoms with Crippen molar-refractivity contribution in [2.24, 2.45) is 0 Å². The van der Waals surface area contributed by atoms with Gasteiger partial charge in [0.15, 0.2) is 0 Å². The number of carbonyl (C=O) groups is 2. The molecular weight excluding hydrogens is 260 g/mol. The first-order valence-corrected chi connectivity index (χ1v) is 5.35. The number of aliphatic carboxylic acids is 1. The number of halogens is 1. The van der Waals surface area contributed by atoms with Gasteiger partial charge in [-0.15, -0.1) is 0 Å². The molecule has 15 heavy (non-hydrogen) atoms. The number of benzene rings is 1. The van der Waals surface area contributed by atoms with Crippen LogP contribution in [0.1, 0.15) is 17.5 Å². The van der Waals surface area contributed by atoms with Crippen LogP contribution in [0, 0.1) is 0 Å². The average Bonchev–Trinajstić information content (AvgIpc) is 2.18. The van der Waals surface area contributed by atoms with Crippen molar-refractivity contribution in [3.63, 3.8) is 0 Å². The summed E-state index contributed by atoms with van der Waals surface area (Å²) in [5, 5.41) is 8.63. The molecule has 0 fully saturated rings. The SMILES string of the molecule is O=CCCc1ccc(CC(=O)O)c(Br)c1. The Bertz CT molecular complexity index is 374. The van der Waals surface area contributed by atoms with Crippen molar-refractivity contribution in [3.8, 4) is 0 Å². The molecule has 0 unspecified atom stereocenters. The molecule has 0 aromatic heterocycles. The van der Waals surface area contributed by atoms with Crippen LogP contribution in [-0.2, 0) is 22.4 Å². The van der Waals surface area contributed by atoms with E-state index >= 15 is 0 Å². The number of rotatable bonds is 5. The van der Waals surface area contributed by atoms with Gasteiger partial charge in [-0.3, -0.25) is 4.79 Å². The van der Waals surface area contributed by atoms with E-state index in [1.807, 2.05) is 12.1 Å². The van der Waals surface area contributed by atoms with Crippen LogP contribution in [0.25, 0.3) is 0 Å². The maximum Gasteiger partial charge on any atom is 0.307 e. The van der Waals surface area contributed by atoms with E-state index in [0.29, 0.717) is 12.8 Å². The van der Waals surface area contributed by atoms with Gasteiger partial charge >= 0.3 is 5.97 Å². The molecule has 0 saturated heterocycles. The zero-order valence-electron chi connectivity index (χ0n) is 8.07.